The van der Waals surface area contributed by atoms with E-state index in [0.29, 0.717) is 12.1 Å². The number of hydrogen-bond donors (Lipinski definition) is 3. The van der Waals surface area contributed by atoms with Crippen molar-refractivity contribution in [3.8, 4) is 0 Å². The van der Waals surface area contributed by atoms with Gasteiger partial charge in [-0.1, -0.05) is 42.5 Å². The van der Waals surface area contributed by atoms with Crippen molar-refractivity contribution in [3.05, 3.63) is 83.7 Å². The van der Waals surface area contributed by atoms with E-state index in [9.17, 15) is 19.1 Å². The molecular formula is C23H25FN2O4. The number of rotatable bonds is 8. The molecular weight excluding hydrogens is 387 g/mol. The molecule has 158 valence electrons. The van der Waals surface area contributed by atoms with Crippen LogP contribution in [0.15, 0.2) is 66.7 Å². The molecule has 3 atom stereocenters. The molecule has 1 heterocycles. The summed E-state index contributed by atoms with van der Waals surface area (Å²) in [4.78, 5) is 24.5. The van der Waals surface area contributed by atoms with Gasteiger partial charge in [0.15, 0.2) is 0 Å². The molecule has 0 aromatic heterocycles. The largest absolute Gasteiger partial charge is 0.394 e. The van der Waals surface area contributed by atoms with Gasteiger partial charge in [-0.2, -0.15) is 0 Å². The molecule has 0 aliphatic carbocycles. The van der Waals surface area contributed by atoms with E-state index in [1.807, 2.05) is 30.3 Å². The minimum atomic E-state index is -0.679. The third-order valence-corrected chi connectivity index (χ3v) is 4.83. The van der Waals surface area contributed by atoms with Crippen LogP contribution in [0.1, 0.15) is 22.3 Å². The summed E-state index contributed by atoms with van der Waals surface area (Å²) in [6, 6.07) is 14.5. The van der Waals surface area contributed by atoms with Crippen molar-refractivity contribution in [1.29, 1.82) is 0 Å². The van der Waals surface area contributed by atoms with Gasteiger partial charge in [-0.15, -0.1) is 0 Å². The molecule has 0 unspecified atom stereocenters. The van der Waals surface area contributed by atoms with E-state index < -0.39 is 30.0 Å². The Morgan fingerprint density at radius 1 is 1.03 bits per heavy atom. The molecule has 6 nitrogen and oxygen atoms in total. The van der Waals surface area contributed by atoms with Crippen LogP contribution >= 0.6 is 0 Å². The van der Waals surface area contributed by atoms with E-state index in [1.54, 1.807) is 12.2 Å². The van der Waals surface area contributed by atoms with Crippen LogP contribution in [0, 0.1) is 5.82 Å². The maximum atomic E-state index is 13.0. The van der Waals surface area contributed by atoms with Crippen LogP contribution in [0.3, 0.4) is 0 Å². The third kappa shape index (κ3) is 6.23. The molecule has 7 heteroatoms. The molecule has 3 N–H and O–H groups in total. The molecule has 2 aromatic rings. The van der Waals surface area contributed by atoms with E-state index in [2.05, 4.69) is 10.6 Å². The van der Waals surface area contributed by atoms with Crippen LogP contribution in [0.4, 0.5) is 4.39 Å². The lowest BCUT2D eigenvalue weighted by Gasteiger charge is -2.31. The number of carbonyl (C=O) groups is 2. The Balaban J connectivity index is 1.48. The predicted molar refractivity (Wildman–Crippen MR) is 110 cm³/mol. The van der Waals surface area contributed by atoms with Crippen LogP contribution in [0.2, 0.25) is 0 Å². The number of ether oxygens (including phenoxy) is 1. The molecule has 0 spiro atoms. The van der Waals surface area contributed by atoms with Gasteiger partial charge in [0.25, 0.3) is 5.91 Å². The number of nitrogens with one attached hydrogen (secondary N) is 2. The lowest BCUT2D eigenvalue weighted by Crippen LogP contribution is -2.49. The topological polar surface area (TPSA) is 87.7 Å². The molecule has 30 heavy (non-hydrogen) atoms. The summed E-state index contributed by atoms with van der Waals surface area (Å²) in [6.07, 6.45) is 3.12. The monoisotopic (exact) mass is 412 g/mol. The van der Waals surface area contributed by atoms with Crippen LogP contribution in [0.25, 0.3) is 0 Å². The van der Waals surface area contributed by atoms with Crippen molar-refractivity contribution in [1.82, 2.24) is 10.6 Å². The standard InChI is InChI=1S/C23H25FN2O4/c24-18-8-6-17(7-9-18)23(29)26-20-11-10-19(30-21(20)15-27)14-22(28)25-13-12-16-4-2-1-3-5-16/h1-11,19-21,27H,12-15H2,(H,25,28)(H,26,29)/t19-,20-,21+/m1/s1. The zero-order chi connectivity index (χ0) is 21.3. The van der Waals surface area contributed by atoms with Crippen molar-refractivity contribution >= 4 is 11.8 Å². The average Bonchev–Trinajstić information content (AvgIpc) is 2.76. The summed E-state index contributed by atoms with van der Waals surface area (Å²) in [5.74, 6) is -0.972. The van der Waals surface area contributed by atoms with Crippen molar-refractivity contribution in [2.24, 2.45) is 0 Å². The number of aliphatic hydroxyl groups is 1. The summed E-state index contributed by atoms with van der Waals surface area (Å²) in [5, 5.41) is 15.3. The summed E-state index contributed by atoms with van der Waals surface area (Å²) in [5.41, 5.74) is 1.45. The van der Waals surface area contributed by atoms with E-state index in [4.69, 9.17) is 4.74 Å². The zero-order valence-corrected chi connectivity index (χ0v) is 16.5. The normalized spacial score (nSPS) is 20.5. The number of amides is 2. The summed E-state index contributed by atoms with van der Waals surface area (Å²) in [6.45, 7) is 0.212. The van der Waals surface area contributed by atoms with Gasteiger partial charge in [0.1, 0.15) is 11.9 Å². The van der Waals surface area contributed by atoms with E-state index in [0.717, 1.165) is 12.0 Å². The zero-order valence-electron chi connectivity index (χ0n) is 16.5. The number of halogens is 1. The minimum absolute atomic E-state index is 0.125. The van der Waals surface area contributed by atoms with Crippen LogP contribution < -0.4 is 10.6 Å². The number of carbonyl (C=O) groups excluding carboxylic acids is 2. The average molecular weight is 412 g/mol. The SMILES string of the molecule is O=C(C[C@H]1C=C[C@@H](NC(=O)c2ccc(F)cc2)[C@H](CO)O1)NCCc1ccccc1. The van der Waals surface area contributed by atoms with E-state index in [1.165, 1.54) is 24.3 Å². The molecule has 1 aliphatic rings. The highest BCUT2D eigenvalue weighted by Crippen LogP contribution is 2.16. The molecule has 0 saturated carbocycles. The molecule has 1 aliphatic heterocycles. The smallest absolute Gasteiger partial charge is 0.251 e. The first-order valence-electron chi connectivity index (χ1n) is 9.87. The Kier molecular flexibility index (Phi) is 7.70. The van der Waals surface area contributed by atoms with E-state index >= 15 is 0 Å². The molecule has 2 amide bonds. The fraction of sp³-hybridized carbons (Fsp3) is 0.304. The third-order valence-electron chi connectivity index (χ3n) is 4.83. The highest BCUT2D eigenvalue weighted by Gasteiger charge is 2.29. The lowest BCUT2D eigenvalue weighted by molar-refractivity contribution is -0.125. The summed E-state index contributed by atoms with van der Waals surface area (Å²) < 4.78 is 18.8. The van der Waals surface area contributed by atoms with Crippen LogP contribution in [-0.4, -0.2) is 48.3 Å². The predicted octanol–water partition coefficient (Wildman–Crippen LogP) is 1.99. The van der Waals surface area contributed by atoms with Gasteiger partial charge in [-0.25, -0.2) is 4.39 Å². The van der Waals surface area contributed by atoms with Gasteiger partial charge in [0.05, 0.1) is 25.2 Å². The van der Waals surface area contributed by atoms with Crippen molar-refractivity contribution in [2.45, 2.75) is 31.1 Å². The summed E-state index contributed by atoms with van der Waals surface area (Å²) in [7, 11) is 0. The van der Waals surface area contributed by atoms with Gasteiger partial charge in [-0.3, -0.25) is 9.59 Å². The fourth-order valence-electron chi connectivity index (χ4n) is 3.22. The van der Waals surface area contributed by atoms with Gasteiger partial charge in [0, 0.05) is 12.1 Å². The number of aliphatic hydroxyl groups excluding tert-OH is 1. The molecule has 0 saturated heterocycles. The second kappa shape index (κ2) is 10.7. The van der Waals surface area contributed by atoms with Crippen molar-refractivity contribution in [2.75, 3.05) is 13.2 Å². The Morgan fingerprint density at radius 2 is 1.77 bits per heavy atom. The Bertz CT molecular complexity index is 871. The molecule has 0 radical (unpaired) electrons. The van der Waals surface area contributed by atoms with Crippen LogP contribution in [-0.2, 0) is 16.0 Å². The second-order valence-electron chi connectivity index (χ2n) is 7.08. The molecule has 2 aromatic carbocycles. The maximum Gasteiger partial charge on any atom is 0.251 e. The van der Waals surface area contributed by atoms with Gasteiger partial charge >= 0.3 is 0 Å². The first-order valence-corrected chi connectivity index (χ1v) is 9.87. The van der Waals surface area contributed by atoms with Gasteiger partial charge in [0.2, 0.25) is 5.91 Å². The minimum Gasteiger partial charge on any atom is -0.394 e. The van der Waals surface area contributed by atoms with E-state index in [-0.39, 0.29) is 18.9 Å². The van der Waals surface area contributed by atoms with Crippen molar-refractivity contribution in [3.63, 3.8) is 0 Å². The Labute approximate surface area is 174 Å². The van der Waals surface area contributed by atoms with Gasteiger partial charge in [-0.05, 0) is 36.2 Å². The Morgan fingerprint density at radius 3 is 2.47 bits per heavy atom. The van der Waals surface area contributed by atoms with Crippen molar-refractivity contribution < 1.29 is 23.8 Å². The first-order chi connectivity index (χ1) is 14.5. The molecule has 0 bridgehead atoms. The summed E-state index contributed by atoms with van der Waals surface area (Å²) >= 11 is 0. The Hall–Kier alpha value is -3.03. The lowest BCUT2D eigenvalue weighted by atomic mass is 10.0. The maximum absolute atomic E-state index is 13.0. The van der Waals surface area contributed by atoms with Gasteiger partial charge < -0.3 is 20.5 Å². The number of benzene rings is 2. The highest BCUT2D eigenvalue weighted by atomic mass is 19.1. The molecule has 0 fully saturated rings. The molecule has 3 rings (SSSR count). The van der Waals surface area contributed by atoms with Crippen LogP contribution in [0.5, 0.6) is 0 Å². The first kappa shape index (κ1) is 21.7. The number of hydrogen-bond acceptors (Lipinski definition) is 4. The highest BCUT2D eigenvalue weighted by molar-refractivity contribution is 5.94. The fourth-order valence-corrected chi connectivity index (χ4v) is 3.22. The quantitative estimate of drug-likeness (QED) is 0.579. The second-order valence-corrected chi connectivity index (χ2v) is 7.08.